The maximum Gasteiger partial charge on any atom is 0.512 e. The second-order valence-corrected chi connectivity index (χ2v) is 4.21. The molecule has 0 amide bonds. The van der Waals surface area contributed by atoms with Crippen LogP contribution in [0, 0.1) is 6.92 Å². The molecule has 2 heterocycles. The number of ether oxygens (including phenoxy) is 1. The molecule has 5 heteroatoms. The van der Waals surface area contributed by atoms with Crippen molar-refractivity contribution in [1.29, 1.82) is 0 Å². The van der Waals surface area contributed by atoms with Gasteiger partial charge in [0, 0.05) is 28.4 Å². The molecule has 0 atom stereocenters. The van der Waals surface area contributed by atoms with Crippen molar-refractivity contribution in [3.63, 3.8) is 0 Å². The largest absolute Gasteiger partial charge is 0.512 e. The van der Waals surface area contributed by atoms with E-state index in [2.05, 4.69) is 9.72 Å². The first-order valence-corrected chi connectivity index (χ1v) is 5.40. The summed E-state index contributed by atoms with van der Waals surface area (Å²) in [5, 5.41) is 8.95. The Kier molecular flexibility index (Phi) is 2.87. The van der Waals surface area contributed by atoms with Crippen LogP contribution in [-0.2, 0) is 0 Å². The van der Waals surface area contributed by atoms with Gasteiger partial charge in [-0.05, 0) is 19.1 Å². The standard InChI is InChI=1S/C11H9NO3S/c1-7-5-9(8-3-2-4-12-6-8)16-10(7)15-11(13)14/h2-6H,1H3,(H,13,14). The quantitative estimate of drug-likeness (QED) is 0.812. The summed E-state index contributed by atoms with van der Waals surface area (Å²) in [6.07, 6.45) is 2.14. The average molecular weight is 235 g/mol. The number of rotatable bonds is 2. The van der Waals surface area contributed by atoms with Crippen molar-refractivity contribution in [2.75, 3.05) is 0 Å². The van der Waals surface area contributed by atoms with Crippen molar-refractivity contribution in [3.8, 4) is 15.5 Å². The third-order valence-electron chi connectivity index (χ3n) is 2.00. The van der Waals surface area contributed by atoms with E-state index in [1.54, 1.807) is 12.4 Å². The minimum absolute atomic E-state index is 0.409. The molecule has 0 saturated carbocycles. The third-order valence-corrected chi connectivity index (χ3v) is 3.16. The van der Waals surface area contributed by atoms with Gasteiger partial charge in [0.05, 0.1) is 0 Å². The maximum atomic E-state index is 10.4. The lowest BCUT2D eigenvalue weighted by atomic mass is 10.2. The van der Waals surface area contributed by atoms with Crippen molar-refractivity contribution < 1.29 is 14.6 Å². The predicted octanol–water partition coefficient (Wildman–Crippen LogP) is 3.18. The topological polar surface area (TPSA) is 59.4 Å². The number of hydrogen-bond acceptors (Lipinski definition) is 4. The van der Waals surface area contributed by atoms with E-state index < -0.39 is 6.16 Å². The highest BCUT2D eigenvalue weighted by Gasteiger charge is 2.11. The van der Waals surface area contributed by atoms with Crippen LogP contribution in [-0.4, -0.2) is 16.2 Å². The van der Waals surface area contributed by atoms with E-state index >= 15 is 0 Å². The summed E-state index contributed by atoms with van der Waals surface area (Å²) in [5.41, 5.74) is 1.77. The highest BCUT2D eigenvalue weighted by atomic mass is 32.1. The van der Waals surface area contributed by atoms with Gasteiger partial charge in [-0.3, -0.25) is 4.98 Å². The third kappa shape index (κ3) is 2.20. The van der Waals surface area contributed by atoms with Crippen LogP contribution in [0.2, 0.25) is 0 Å². The molecule has 0 saturated heterocycles. The molecule has 0 spiro atoms. The number of nitrogens with zero attached hydrogens (tertiary/aromatic N) is 1. The van der Waals surface area contributed by atoms with Crippen LogP contribution in [0.5, 0.6) is 5.06 Å². The first kappa shape index (κ1) is 10.6. The lowest BCUT2D eigenvalue weighted by molar-refractivity contribution is 0.145. The van der Waals surface area contributed by atoms with Gasteiger partial charge in [0.25, 0.3) is 0 Å². The Morgan fingerprint density at radius 2 is 2.38 bits per heavy atom. The molecule has 0 aliphatic carbocycles. The van der Waals surface area contributed by atoms with Gasteiger partial charge in [-0.25, -0.2) is 4.79 Å². The lowest BCUT2D eigenvalue weighted by Crippen LogP contribution is -2.01. The second-order valence-electron chi connectivity index (χ2n) is 3.19. The van der Waals surface area contributed by atoms with Crippen molar-refractivity contribution in [2.24, 2.45) is 0 Å². The van der Waals surface area contributed by atoms with Gasteiger partial charge in [-0.2, -0.15) is 0 Å². The van der Waals surface area contributed by atoms with E-state index in [1.165, 1.54) is 11.3 Å². The highest BCUT2D eigenvalue weighted by molar-refractivity contribution is 7.17. The Balaban J connectivity index is 2.34. The molecule has 1 N–H and O–H groups in total. The zero-order valence-corrected chi connectivity index (χ0v) is 9.32. The molecule has 0 bridgehead atoms. The second kappa shape index (κ2) is 4.32. The van der Waals surface area contributed by atoms with E-state index in [-0.39, 0.29) is 0 Å². The molecule has 0 radical (unpaired) electrons. The maximum absolute atomic E-state index is 10.4. The SMILES string of the molecule is Cc1cc(-c2cccnc2)sc1OC(=O)O. The normalized spacial score (nSPS) is 10.1. The molecule has 0 fully saturated rings. The minimum atomic E-state index is -1.29. The van der Waals surface area contributed by atoms with Gasteiger partial charge in [0.1, 0.15) is 0 Å². The van der Waals surface area contributed by atoms with Gasteiger partial charge in [0.2, 0.25) is 0 Å². The predicted molar refractivity (Wildman–Crippen MR) is 60.9 cm³/mol. The summed E-state index contributed by atoms with van der Waals surface area (Å²) in [6.45, 7) is 1.81. The fourth-order valence-electron chi connectivity index (χ4n) is 1.30. The van der Waals surface area contributed by atoms with Crippen LogP contribution >= 0.6 is 11.3 Å². The highest BCUT2D eigenvalue weighted by Crippen LogP contribution is 2.36. The molecule has 0 unspecified atom stereocenters. The Morgan fingerprint density at radius 1 is 1.56 bits per heavy atom. The van der Waals surface area contributed by atoms with Crippen LogP contribution in [0.4, 0.5) is 4.79 Å². The zero-order chi connectivity index (χ0) is 11.5. The van der Waals surface area contributed by atoms with Crippen molar-refractivity contribution in [3.05, 3.63) is 36.2 Å². The van der Waals surface area contributed by atoms with E-state index in [0.717, 1.165) is 16.0 Å². The van der Waals surface area contributed by atoms with E-state index in [0.29, 0.717) is 5.06 Å². The van der Waals surface area contributed by atoms with E-state index in [1.807, 2.05) is 25.1 Å². The number of thiophene rings is 1. The van der Waals surface area contributed by atoms with Gasteiger partial charge in [0.15, 0.2) is 5.06 Å². The molecule has 0 aliphatic rings. The van der Waals surface area contributed by atoms with Gasteiger partial charge in [-0.15, -0.1) is 0 Å². The first-order chi connectivity index (χ1) is 7.66. The molecule has 82 valence electrons. The monoisotopic (exact) mass is 235 g/mol. The number of aromatic nitrogens is 1. The number of carboxylic acid groups (broad SMARTS) is 1. The van der Waals surface area contributed by atoms with E-state index in [4.69, 9.17) is 5.11 Å². The molecule has 16 heavy (non-hydrogen) atoms. The van der Waals surface area contributed by atoms with Gasteiger partial charge >= 0.3 is 6.16 Å². The number of carbonyl (C=O) groups is 1. The summed E-state index contributed by atoms with van der Waals surface area (Å²) in [6, 6.07) is 5.64. The summed E-state index contributed by atoms with van der Waals surface area (Å²) >= 11 is 1.30. The Bertz CT molecular complexity index is 507. The fourth-order valence-corrected chi connectivity index (χ4v) is 2.30. The molecular weight excluding hydrogens is 226 g/mol. The Labute approximate surface area is 96.1 Å². The summed E-state index contributed by atoms with van der Waals surface area (Å²) < 4.78 is 4.66. The van der Waals surface area contributed by atoms with Crippen LogP contribution in [0.15, 0.2) is 30.6 Å². The van der Waals surface area contributed by atoms with Crippen molar-refractivity contribution in [2.45, 2.75) is 6.92 Å². The van der Waals surface area contributed by atoms with Crippen LogP contribution < -0.4 is 4.74 Å². The zero-order valence-electron chi connectivity index (χ0n) is 8.51. The average Bonchev–Trinajstić information content (AvgIpc) is 2.61. The lowest BCUT2D eigenvalue weighted by Gasteiger charge is -1.95. The molecule has 4 nitrogen and oxygen atoms in total. The smallest absolute Gasteiger partial charge is 0.449 e. The van der Waals surface area contributed by atoms with Crippen LogP contribution in [0.3, 0.4) is 0 Å². The number of aryl methyl sites for hydroxylation is 1. The summed E-state index contributed by atoms with van der Waals surface area (Å²) in [7, 11) is 0. The first-order valence-electron chi connectivity index (χ1n) is 4.58. The van der Waals surface area contributed by atoms with Crippen molar-refractivity contribution in [1.82, 2.24) is 4.98 Å². The fraction of sp³-hybridized carbons (Fsp3) is 0.0909. The molecular formula is C11H9NO3S. The van der Waals surface area contributed by atoms with E-state index in [9.17, 15) is 4.79 Å². The molecule has 0 aliphatic heterocycles. The molecule has 2 aromatic rings. The van der Waals surface area contributed by atoms with Gasteiger partial charge < -0.3 is 9.84 Å². The summed E-state index contributed by atoms with van der Waals surface area (Å²) in [4.78, 5) is 15.4. The Morgan fingerprint density at radius 3 is 3.00 bits per heavy atom. The minimum Gasteiger partial charge on any atom is -0.449 e. The Hall–Kier alpha value is -1.88. The van der Waals surface area contributed by atoms with Crippen LogP contribution in [0.25, 0.3) is 10.4 Å². The molecule has 0 aromatic carbocycles. The van der Waals surface area contributed by atoms with Crippen LogP contribution in [0.1, 0.15) is 5.56 Å². The van der Waals surface area contributed by atoms with Crippen molar-refractivity contribution >= 4 is 17.5 Å². The summed E-state index contributed by atoms with van der Waals surface area (Å²) in [5.74, 6) is 0. The molecule has 2 rings (SSSR count). The number of hydrogen-bond donors (Lipinski definition) is 1. The van der Waals surface area contributed by atoms with Gasteiger partial charge in [-0.1, -0.05) is 17.4 Å². The number of pyridine rings is 1. The molecule has 2 aromatic heterocycles.